The van der Waals surface area contributed by atoms with Crippen molar-refractivity contribution in [1.29, 1.82) is 0 Å². The number of nitrogens with zero attached hydrogens (tertiary/aromatic N) is 2. The van der Waals surface area contributed by atoms with E-state index in [-0.39, 0.29) is 24.0 Å². The van der Waals surface area contributed by atoms with Gasteiger partial charge in [0.15, 0.2) is 5.96 Å². The van der Waals surface area contributed by atoms with Gasteiger partial charge in [0, 0.05) is 43.8 Å². The molecule has 1 aromatic heterocycles. The highest BCUT2D eigenvalue weighted by atomic mass is 127. The van der Waals surface area contributed by atoms with E-state index in [0.717, 1.165) is 50.6 Å². The van der Waals surface area contributed by atoms with Crippen LogP contribution in [-0.4, -0.2) is 37.7 Å². The Hall–Kier alpha value is -1.70. The number of guanidine groups is 1. The summed E-state index contributed by atoms with van der Waals surface area (Å²) in [4.78, 5) is 7.34. The average Bonchev–Trinajstić information content (AvgIpc) is 3.43. The van der Waals surface area contributed by atoms with Gasteiger partial charge in [-0.25, -0.2) is 0 Å². The molecule has 2 fully saturated rings. The van der Waals surface area contributed by atoms with Crippen LogP contribution in [-0.2, 0) is 6.42 Å². The van der Waals surface area contributed by atoms with Crippen molar-refractivity contribution in [3.63, 3.8) is 0 Å². The second-order valence-electron chi connectivity index (χ2n) is 7.93. The average molecular weight is 508 g/mol. The van der Waals surface area contributed by atoms with E-state index in [4.69, 9.17) is 9.41 Å². The summed E-state index contributed by atoms with van der Waals surface area (Å²) >= 11 is 0. The summed E-state index contributed by atoms with van der Waals surface area (Å²) in [6.45, 7) is 2.92. The number of piperidine rings is 1. The third kappa shape index (κ3) is 6.66. The van der Waals surface area contributed by atoms with Gasteiger partial charge >= 0.3 is 0 Å². The van der Waals surface area contributed by atoms with E-state index < -0.39 is 0 Å². The van der Waals surface area contributed by atoms with Gasteiger partial charge < -0.3 is 20.0 Å². The van der Waals surface area contributed by atoms with Crippen LogP contribution in [0.25, 0.3) is 0 Å². The minimum Gasteiger partial charge on any atom is -0.469 e. The monoisotopic (exact) mass is 508 g/mol. The zero-order chi connectivity index (χ0) is 19.0. The van der Waals surface area contributed by atoms with Gasteiger partial charge in [-0.2, -0.15) is 0 Å². The topological polar surface area (TPSA) is 52.8 Å². The van der Waals surface area contributed by atoms with Crippen molar-refractivity contribution in [2.24, 2.45) is 4.99 Å². The van der Waals surface area contributed by atoms with Crippen LogP contribution in [0.3, 0.4) is 0 Å². The molecule has 2 aromatic rings. The second kappa shape index (κ2) is 11.5. The van der Waals surface area contributed by atoms with Crippen LogP contribution in [0.1, 0.15) is 44.3 Å². The van der Waals surface area contributed by atoms with Gasteiger partial charge in [-0.15, -0.1) is 24.0 Å². The van der Waals surface area contributed by atoms with Crippen LogP contribution in [0.5, 0.6) is 0 Å². The van der Waals surface area contributed by atoms with E-state index in [2.05, 4.69) is 45.9 Å². The Balaban J connectivity index is 0.00000240. The van der Waals surface area contributed by atoms with Crippen LogP contribution in [0, 0.1) is 0 Å². The standard InChI is InChI=1S/C23H32N4O.HI/c1-2-9-21(10-3-1)27-16-13-20(14-17-27)26-23(25-19-7-4-5-8-19)24-15-12-22-11-6-18-28-22;/h1-3,6,9-11,18-20H,4-5,7-8,12-17H2,(H2,24,25,26);1H. The lowest BCUT2D eigenvalue weighted by Gasteiger charge is -2.35. The van der Waals surface area contributed by atoms with Gasteiger partial charge in [-0.3, -0.25) is 4.99 Å². The van der Waals surface area contributed by atoms with Gasteiger partial charge in [0.1, 0.15) is 5.76 Å². The molecule has 4 rings (SSSR count). The predicted molar refractivity (Wildman–Crippen MR) is 130 cm³/mol. The fourth-order valence-corrected chi connectivity index (χ4v) is 4.24. The smallest absolute Gasteiger partial charge is 0.191 e. The minimum atomic E-state index is 0. The summed E-state index contributed by atoms with van der Waals surface area (Å²) in [5, 5.41) is 7.40. The lowest BCUT2D eigenvalue weighted by atomic mass is 10.0. The molecule has 1 aliphatic carbocycles. The molecule has 0 bridgehead atoms. The van der Waals surface area contributed by atoms with E-state index in [1.165, 1.54) is 31.4 Å². The van der Waals surface area contributed by atoms with E-state index in [1.807, 2.05) is 12.1 Å². The van der Waals surface area contributed by atoms with Crippen molar-refractivity contribution >= 4 is 35.6 Å². The van der Waals surface area contributed by atoms with Crippen molar-refractivity contribution in [2.75, 3.05) is 24.5 Å². The largest absolute Gasteiger partial charge is 0.469 e. The molecule has 0 amide bonds. The Labute approximate surface area is 191 Å². The van der Waals surface area contributed by atoms with Gasteiger partial charge in [-0.05, 0) is 49.9 Å². The molecular weight excluding hydrogens is 475 g/mol. The summed E-state index contributed by atoms with van der Waals surface area (Å²) in [6, 6.07) is 15.7. The molecule has 158 valence electrons. The molecule has 1 aromatic carbocycles. The summed E-state index contributed by atoms with van der Waals surface area (Å²) in [5.74, 6) is 1.98. The molecule has 5 nitrogen and oxygen atoms in total. The molecular formula is C23H33IN4O. The summed E-state index contributed by atoms with van der Waals surface area (Å²) < 4.78 is 5.44. The van der Waals surface area contributed by atoms with Gasteiger partial charge in [-0.1, -0.05) is 31.0 Å². The molecule has 1 saturated carbocycles. The number of halogens is 1. The Morgan fingerprint density at radius 3 is 2.28 bits per heavy atom. The summed E-state index contributed by atoms with van der Waals surface area (Å²) in [5.41, 5.74) is 1.33. The fourth-order valence-electron chi connectivity index (χ4n) is 4.24. The van der Waals surface area contributed by atoms with Crippen LogP contribution in [0.2, 0.25) is 0 Å². The molecule has 2 aliphatic rings. The van der Waals surface area contributed by atoms with Gasteiger partial charge in [0.25, 0.3) is 0 Å². The first-order valence-electron chi connectivity index (χ1n) is 10.8. The van der Waals surface area contributed by atoms with Crippen molar-refractivity contribution in [1.82, 2.24) is 10.6 Å². The Morgan fingerprint density at radius 2 is 1.62 bits per heavy atom. The maximum atomic E-state index is 5.44. The third-order valence-electron chi connectivity index (χ3n) is 5.86. The maximum absolute atomic E-state index is 5.44. The molecule has 0 unspecified atom stereocenters. The van der Waals surface area contributed by atoms with Crippen LogP contribution in [0.4, 0.5) is 5.69 Å². The molecule has 0 radical (unpaired) electrons. The molecule has 1 aliphatic heterocycles. The van der Waals surface area contributed by atoms with Crippen LogP contribution >= 0.6 is 24.0 Å². The zero-order valence-electron chi connectivity index (χ0n) is 17.1. The molecule has 2 heterocycles. The molecule has 6 heteroatoms. The predicted octanol–water partition coefficient (Wildman–Crippen LogP) is 4.59. The van der Waals surface area contributed by atoms with Crippen LogP contribution in [0.15, 0.2) is 58.1 Å². The van der Waals surface area contributed by atoms with Gasteiger partial charge in [0.2, 0.25) is 0 Å². The second-order valence-corrected chi connectivity index (χ2v) is 7.93. The number of hydrogen-bond acceptors (Lipinski definition) is 3. The Bertz CT molecular complexity index is 721. The normalized spacial score (nSPS) is 18.5. The number of aliphatic imine (C=N–C) groups is 1. The SMILES string of the molecule is I.c1ccc(N2CCC(NC(=NCCc3ccco3)NC3CCCC3)CC2)cc1. The molecule has 0 atom stereocenters. The lowest BCUT2D eigenvalue weighted by molar-refractivity contribution is 0.456. The van der Waals surface area contributed by atoms with E-state index >= 15 is 0 Å². The maximum Gasteiger partial charge on any atom is 0.191 e. The third-order valence-corrected chi connectivity index (χ3v) is 5.86. The summed E-state index contributed by atoms with van der Waals surface area (Å²) in [7, 11) is 0. The number of furan rings is 1. The lowest BCUT2D eigenvalue weighted by Crippen LogP contribution is -2.50. The van der Waals surface area contributed by atoms with E-state index in [1.54, 1.807) is 6.26 Å². The Morgan fingerprint density at radius 1 is 0.931 bits per heavy atom. The minimum absolute atomic E-state index is 0. The highest BCUT2D eigenvalue weighted by Crippen LogP contribution is 2.20. The first kappa shape index (κ1) is 22.0. The van der Waals surface area contributed by atoms with E-state index in [9.17, 15) is 0 Å². The quantitative estimate of drug-likeness (QED) is 0.341. The number of rotatable bonds is 6. The van der Waals surface area contributed by atoms with Crippen LogP contribution < -0.4 is 15.5 Å². The highest BCUT2D eigenvalue weighted by Gasteiger charge is 2.22. The van der Waals surface area contributed by atoms with E-state index in [0.29, 0.717) is 12.1 Å². The highest BCUT2D eigenvalue weighted by molar-refractivity contribution is 14.0. The molecule has 29 heavy (non-hydrogen) atoms. The first-order chi connectivity index (χ1) is 13.9. The molecule has 0 spiro atoms. The Kier molecular flexibility index (Phi) is 8.70. The summed E-state index contributed by atoms with van der Waals surface area (Å²) in [6.07, 6.45) is 10.0. The van der Waals surface area contributed by atoms with Gasteiger partial charge in [0.05, 0.1) is 6.26 Å². The number of benzene rings is 1. The van der Waals surface area contributed by atoms with Crippen molar-refractivity contribution in [2.45, 2.75) is 57.0 Å². The zero-order valence-corrected chi connectivity index (χ0v) is 19.4. The number of para-hydroxylation sites is 1. The van der Waals surface area contributed by atoms with Crippen molar-refractivity contribution < 1.29 is 4.42 Å². The molecule has 1 saturated heterocycles. The number of nitrogens with one attached hydrogen (secondary N) is 2. The van der Waals surface area contributed by atoms with Crippen molar-refractivity contribution in [3.05, 3.63) is 54.5 Å². The molecule has 2 N–H and O–H groups in total. The number of anilines is 1. The first-order valence-corrected chi connectivity index (χ1v) is 10.8. The van der Waals surface area contributed by atoms with Crippen molar-refractivity contribution in [3.8, 4) is 0 Å². The fraction of sp³-hybridized carbons (Fsp3) is 0.522. The number of hydrogen-bond donors (Lipinski definition) is 2.